The van der Waals surface area contributed by atoms with Crippen LogP contribution in [0, 0.1) is 5.82 Å². The molecule has 0 bridgehead atoms. The van der Waals surface area contributed by atoms with Crippen molar-refractivity contribution in [2.45, 2.75) is 45.6 Å². The molecule has 102 valence electrons. The van der Waals surface area contributed by atoms with Crippen molar-refractivity contribution in [3.8, 4) is 5.75 Å². The predicted molar refractivity (Wildman–Crippen MR) is 73.7 cm³/mol. The topological polar surface area (TPSA) is 21.3 Å². The Labute approximate surface area is 110 Å². The minimum absolute atomic E-state index is 0.182. The third kappa shape index (κ3) is 3.98. The molecule has 0 amide bonds. The number of hydrogen-bond acceptors (Lipinski definition) is 2. The van der Waals surface area contributed by atoms with Crippen LogP contribution in [0.5, 0.6) is 5.75 Å². The van der Waals surface area contributed by atoms with E-state index < -0.39 is 0 Å². The first-order valence-corrected chi connectivity index (χ1v) is 6.44. The van der Waals surface area contributed by atoms with E-state index in [9.17, 15) is 4.39 Å². The Morgan fingerprint density at radius 2 is 2.00 bits per heavy atom. The summed E-state index contributed by atoms with van der Waals surface area (Å²) in [7, 11) is 1.55. The molecule has 3 heteroatoms. The van der Waals surface area contributed by atoms with Crippen LogP contribution in [0.25, 0.3) is 0 Å². The van der Waals surface area contributed by atoms with Crippen molar-refractivity contribution in [1.82, 2.24) is 5.32 Å². The fourth-order valence-corrected chi connectivity index (χ4v) is 1.98. The highest BCUT2D eigenvalue weighted by Crippen LogP contribution is 2.30. The van der Waals surface area contributed by atoms with Gasteiger partial charge < -0.3 is 10.1 Å². The zero-order valence-electron chi connectivity index (χ0n) is 12.0. The molecule has 18 heavy (non-hydrogen) atoms. The molecule has 0 radical (unpaired) electrons. The minimum atomic E-state index is -0.191. The van der Waals surface area contributed by atoms with Crippen molar-refractivity contribution >= 4 is 0 Å². The summed E-state index contributed by atoms with van der Waals surface area (Å²) in [5.74, 6) is 0.372. The summed E-state index contributed by atoms with van der Waals surface area (Å²) in [6.45, 7) is 9.25. The molecule has 1 aromatic rings. The number of methoxy groups -OCH3 is 1. The van der Waals surface area contributed by atoms with Crippen LogP contribution in [0.1, 0.15) is 39.7 Å². The Hall–Kier alpha value is -1.09. The summed E-state index contributed by atoms with van der Waals surface area (Å²) in [4.78, 5) is 0. The molecular weight excluding hydrogens is 229 g/mol. The molecule has 0 saturated carbocycles. The average Bonchev–Trinajstić information content (AvgIpc) is 2.27. The molecule has 1 N–H and O–H groups in total. The Morgan fingerprint density at radius 3 is 2.50 bits per heavy atom. The molecule has 0 aliphatic carbocycles. The van der Waals surface area contributed by atoms with Crippen molar-refractivity contribution in [2.75, 3.05) is 13.7 Å². The lowest BCUT2D eigenvalue weighted by atomic mass is 9.81. The number of hydrogen-bond donors (Lipinski definition) is 1. The van der Waals surface area contributed by atoms with Gasteiger partial charge in [0, 0.05) is 12.1 Å². The van der Waals surface area contributed by atoms with E-state index in [0.717, 1.165) is 18.5 Å². The lowest BCUT2D eigenvalue weighted by Crippen LogP contribution is -2.30. The third-order valence-electron chi connectivity index (χ3n) is 3.21. The Morgan fingerprint density at radius 1 is 1.33 bits per heavy atom. The van der Waals surface area contributed by atoms with E-state index in [1.807, 2.05) is 12.1 Å². The highest BCUT2D eigenvalue weighted by molar-refractivity contribution is 5.33. The lowest BCUT2D eigenvalue weighted by molar-refractivity contribution is 0.401. The number of rotatable bonds is 6. The van der Waals surface area contributed by atoms with Gasteiger partial charge in [0.1, 0.15) is 11.6 Å². The quantitative estimate of drug-likeness (QED) is 0.837. The molecule has 0 unspecified atom stereocenters. The maximum absolute atomic E-state index is 14.0. The molecule has 1 aromatic carbocycles. The summed E-state index contributed by atoms with van der Waals surface area (Å²) < 4.78 is 19.0. The Kier molecular flexibility index (Phi) is 5.15. The van der Waals surface area contributed by atoms with Gasteiger partial charge in [-0.25, -0.2) is 4.39 Å². The minimum Gasteiger partial charge on any atom is -0.497 e. The van der Waals surface area contributed by atoms with E-state index in [1.165, 1.54) is 6.07 Å². The standard InChI is InChI=1S/C15H24FNO/c1-11(2)17-9-8-15(3,4)13-7-6-12(18-5)10-14(13)16/h6-7,10-11,17H,8-9H2,1-5H3. The molecule has 0 aromatic heterocycles. The largest absolute Gasteiger partial charge is 0.497 e. The first-order chi connectivity index (χ1) is 8.36. The van der Waals surface area contributed by atoms with Gasteiger partial charge in [-0.05, 0) is 30.0 Å². The normalized spacial score (nSPS) is 11.9. The van der Waals surface area contributed by atoms with Crippen LogP contribution < -0.4 is 10.1 Å². The van der Waals surface area contributed by atoms with Gasteiger partial charge in [0.15, 0.2) is 0 Å². The monoisotopic (exact) mass is 253 g/mol. The first kappa shape index (κ1) is 15.0. The molecule has 0 saturated heterocycles. The average molecular weight is 253 g/mol. The van der Waals surface area contributed by atoms with Gasteiger partial charge in [-0.1, -0.05) is 33.8 Å². The highest BCUT2D eigenvalue weighted by Gasteiger charge is 2.24. The van der Waals surface area contributed by atoms with Crippen LogP contribution >= 0.6 is 0 Å². The molecule has 0 heterocycles. The lowest BCUT2D eigenvalue weighted by Gasteiger charge is -2.26. The van der Waals surface area contributed by atoms with Gasteiger partial charge in [-0.2, -0.15) is 0 Å². The molecule has 0 atom stereocenters. The SMILES string of the molecule is COc1ccc(C(C)(C)CCNC(C)C)c(F)c1. The molecule has 0 aliphatic heterocycles. The fraction of sp³-hybridized carbons (Fsp3) is 0.600. The second kappa shape index (κ2) is 6.19. The van der Waals surface area contributed by atoms with Crippen molar-refractivity contribution < 1.29 is 9.13 Å². The molecular formula is C15H24FNO. The van der Waals surface area contributed by atoms with Crippen LogP contribution in [-0.4, -0.2) is 19.7 Å². The maximum Gasteiger partial charge on any atom is 0.130 e. The molecule has 0 spiro atoms. The highest BCUT2D eigenvalue weighted by atomic mass is 19.1. The Bertz CT molecular complexity index is 388. The van der Waals surface area contributed by atoms with E-state index in [1.54, 1.807) is 7.11 Å². The molecule has 1 rings (SSSR count). The van der Waals surface area contributed by atoms with Crippen molar-refractivity contribution in [1.29, 1.82) is 0 Å². The summed E-state index contributed by atoms with van der Waals surface area (Å²) in [5.41, 5.74) is 0.562. The second-order valence-corrected chi connectivity index (χ2v) is 5.59. The predicted octanol–water partition coefficient (Wildman–Crippen LogP) is 3.50. The van der Waals surface area contributed by atoms with Crippen LogP contribution in [-0.2, 0) is 5.41 Å². The van der Waals surface area contributed by atoms with Crippen molar-refractivity contribution in [2.24, 2.45) is 0 Å². The second-order valence-electron chi connectivity index (χ2n) is 5.59. The maximum atomic E-state index is 14.0. The van der Waals surface area contributed by atoms with Gasteiger partial charge >= 0.3 is 0 Å². The number of nitrogens with one attached hydrogen (secondary N) is 1. The molecule has 0 fully saturated rings. The van der Waals surface area contributed by atoms with Gasteiger partial charge in [-0.3, -0.25) is 0 Å². The van der Waals surface area contributed by atoms with E-state index in [2.05, 4.69) is 33.0 Å². The number of halogens is 1. The molecule has 0 aliphatic rings. The summed E-state index contributed by atoms with van der Waals surface area (Å²) >= 11 is 0. The van der Waals surface area contributed by atoms with E-state index in [-0.39, 0.29) is 11.2 Å². The van der Waals surface area contributed by atoms with Crippen LogP contribution in [0.4, 0.5) is 4.39 Å². The number of ether oxygens (including phenoxy) is 1. The van der Waals surface area contributed by atoms with E-state index in [4.69, 9.17) is 4.74 Å². The summed E-state index contributed by atoms with van der Waals surface area (Å²) in [6, 6.07) is 5.55. The van der Waals surface area contributed by atoms with E-state index in [0.29, 0.717) is 11.8 Å². The van der Waals surface area contributed by atoms with Crippen LogP contribution in [0.2, 0.25) is 0 Å². The zero-order chi connectivity index (χ0) is 13.8. The first-order valence-electron chi connectivity index (χ1n) is 6.44. The third-order valence-corrected chi connectivity index (χ3v) is 3.21. The van der Waals surface area contributed by atoms with E-state index >= 15 is 0 Å². The van der Waals surface area contributed by atoms with Crippen LogP contribution in [0.3, 0.4) is 0 Å². The van der Waals surface area contributed by atoms with Crippen molar-refractivity contribution in [3.05, 3.63) is 29.6 Å². The smallest absolute Gasteiger partial charge is 0.130 e. The summed E-state index contributed by atoms with van der Waals surface area (Å²) in [6.07, 6.45) is 0.897. The Balaban J connectivity index is 2.77. The summed E-state index contributed by atoms with van der Waals surface area (Å²) in [5, 5.41) is 3.37. The van der Waals surface area contributed by atoms with Gasteiger partial charge in [0.05, 0.1) is 7.11 Å². The van der Waals surface area contributed by atoms with Crippen LogP contribution in [0.15, 0.2) is 18.2 Å². The van der Waals surface area contributed by atoms with Gasteiger partial charge in [-0.15, -0.1) is 0 Å². The zero-order valence-corrected chi connectivity index (χ0v) is 12.0. The van der Waals surface area contributed by atoms with Crippen molar-refractivity contribution in [3.63, 3.8) is 0 Å². The number of benzene rings is 1. The van der Waals surface area contributed by atoms with Gasteiger partial charge in [0.2, 0.25) is 0 Å². The fourth-order valence-electron chi connectivity index (χ4n) is 1.98. The molecule has 2 nitrogen and oxygen atoms in total. The van der Waals surface area contributed by atoms with Gasteiger partial charge in [0.25, 0.3) is 0 Å².